The first-order chi connectivity index (χ1) is 8.11. The van der Waals surface area contributed by atoms with Crippen LogP contribution in [0.25, 0.3) is 0 Å². The summed E-state index contributed by atoms with van der Waals surface area (Å²) in [7, 11) is 1.54. The molecule has 5 nitrogen and oxygen atoms in total. The lowest BCUT2D eigenvalue weighted by Crippen LogP contribution is -2.41. The summed E-state index contributed by atoms with van der Waals surface area (Å²) in [5, 5.41) is 5.66. The summed E-state index contributed by atoms with van der Waals surface area (Å²) < 4.78 is 0. The molecule has 0 bridgehead atoms. The van der Waals surface area contributed by atoms with E-state index >= 15 is 0 Å². The first-order valence-electron chi connectivity index (χ1n) is 5.17. The lowest BCUT2D eigenvalue weighted by Gasteiger charge is -2.14. The van der Waals surface area contributed by atoms with E-state index in [0.717, 1.165) is 0 Å². The molecule has 0 aromatic heterocycles. The number of benzene rings is 1. The summed E-state index contributed by atoms with van der Waals surface area (Å²) in [6.45, 7) is 0.304. The highest BCUT2D eigenvalue weighted by Gasteiger charge is 2.33. The highest BCUT2D eigenvalue weighted by Crippen LogP contribution is 2.22. The number of anilines is 1. The highest BCUT2D eigenvalue weighted by molar-refractivity contribution is 6.30. The van der Waals surface area contributed by atoms with Crippen molar-refractivity contribution in [1.82, 2.24) is 10.6 Å². The Morgan fingerprint density at radius 2 is 2.35 bits per heavy atom. The number of likely N-dealkylation sites (N-methyl/N-ethyl adjacent to an activating group) is 1. The maximum Gasteiger partial charge on any atom is 0.322 e. The Morgan fingerprint density at radius 3 is 3.00 bits per heavy atom. The maximum atomic E-state index is 11.7. The topological polar surface area (TPSA) is 61.4 Å². The molecular formula is C11H12ClN3O2. The van der Waals surface area contributed by atoms with Crippen molar-refractivity contribution in [3.8, 4) is 0 Å². The Labute approximate surface area is 104 Å². The molecule has 0 aliphatic carbocycles. The predicted octanol–water partition coefficient (Wildman–Crippen LogP) is 0.984. The zero-order chi connectivity index (χ0) is 12.4. The van der Waals surface area contributed by atoms with Gasteiger partial charge in [0.05, 0.1) is 6.54 Å². The summed E-state index contributed by atoms with van der Waals surface area (Å²) in [6, 6.07) is 6.14. The van der Waals surface area contributed by atoms with E-state index in [1.807, 2.05) is 0 Å². The Hall–Kier alpha value is -1.75. The van der Waals surface area contributed by atoms with E-state index in [9.17, 15) is 9.59 Å². The van der Waals surface area contributed by atoms with Crippen molar-refractivity contribution in [1.29, 1.82) is 0 Å². The highest BCUT2D eigenvalue weighted by atomic mass is 35.5. The number of nitrogens with one attached hydrogen (secondary N) is 2. The first kappa shape index (κ1) is 11.7. The quantitative estimate of drug-likeness (QED) is 0.826. The zero-order valence-electron chi connectivity index (χ0n) is 9.24. The minimum atomic E-state index is -0.522. The van der Waals surface area contributed by atoms with Gasteiger partial charge >= 0.3 is 6.03 Å². The zero-order valence-corrected chi connectivity index (χ0v) is 9.99. The maximum absolute atomic E-state index is 11.7. The second-order valence-corrected chi connectivity index (χ2v) is 4.14. The van der Waals surface area contributed by atoms with Crippen molar-refractivity contribution in [3.05, 3.63) is 29.3 Å². The van der Waals surface area contributed by atoms with Gasteiger partial charge in [0.1, 0.15) is 6.04 Å². The molecule has 0 radical (unpaired) electrons. The molecule has 1 aliphatic rings. The molecule has 1 aliphatic heterocycles. The van der Waals surface area contributed by atoms with Gasteiger partial charge in [-0.2, -0.15) is 0 Å². The second kappa shape index (κ2) is 4.63. The van der Waals surface area contributed by atoms with Crippen LogP contribution in [0, 0.1) is 0 Å². The number of hydrogen-bond acceptors (Lipinski definition) is 2. The summed E-state index contributed by atoms with van der Waals surface area (Å²) in [4.78, 5) is 24.6. The van der Waals surface area contributed by atoms with Crippen molar-refractivity contribution in [2.45, 2.75) is 6.04 Å². The van der Waals surface area contributed by atoms with Crippen LogP contribution in [0.1, 0.15) is 0 Å². The molecular weight excluding hydrogens is 242 g/mol. The summed E-state index contributed by atoms with van der Waals surface area (Å²) in [5.41, 5.74) is 0.682. The minimum absolute atomic E-state index is 0.206. The van der Waals surface area contributed by atoms with Crippen molar-refractivity contribution in [3.63, 3.8) is 0 Å². The van der Waals surface area contributed by atoms with Crippen LogP contribution >= 0.6 is 11.6 Å². The Kier molecular flexibility index (Phi) is 3.19. The number of halogens is 1. The number of nitrogens with zero attached hydrogens (tertiary/aromatic N) is 1. The summed E-state index contributed by atoms with van der Waals surface area (Å²) >= 11 is 5.86. The third-order valence-corrected chi connectivity index (χ3v) is 2.83. The average molecular weight is 254 g/mol. The lowest BCUT2D eigenvalue weighted by molar-refractivity contribution is -0.121. The third kappa shape index (κ3) is 2.34. The van der Waals surface area contributed by atoms with Crippen LogP contribution in [0.15, 0.2) is 24.3 Å². The van der Waals surface area contributed by atoms with E-state index in [4.69, 9.17) is 11.6 Å². The van der Waals surface area contributed by atoms with E-state index < -0.39 is 6.04 Å². The Balaban J connectivity index is 2.18. The number of rotatable bonds is 2. The van der Waals surface area contributed by atoms with Crippen molar-refractivity contribution in [2.24, 2.45) is 0 Å². The molecule has 6 heteroatoms. The van der Waals surface area contributed by atoms with Gasteiger partial charge in [-0.25, -0.2) is 4.79 Å². The molecule has 2 N–H and O–H groups in total. The Bertz CT molecular complexity index is 464. The van der Waals surface area contributed by atoms with Gasteiger partial charge in [0, 0.05) is 17.8 Å². The van der Waals surface area contributed by atoms with Gasteiger partial charge in [-0.15, -0.1) is 0 Å². The van der Waals surface area contributed by atoms with Gasteiger partial charge in [0.15, 0.2) is 0 Å². The number of carbonyl (C=O) groups excluding carboxylic acids is 2. The van der Waals surface area contributed by atoms with Gasteiger partial charge in [-0.1, -0.05) is 17.7 Å². The van der Waals surface area contributed by atoms with E-state index in [1.54, 1.807) is 24.3 Å². The molecule has 1 heterocycles. The van der Waals surface area contributed by atoms with Crippen molar-refractivity contribution in [2.75, 3.05) is 18.5 Å². The molecule has 1 atom stereocenters. The van der Waals surface area contributed by atoms with Gasteiger partial charge in [-0.05, 0) is 18.2 Å². The van der Waals surface area contributed by atoms with E-state index in [0.29, 0.717) is 17.3 Å². The molecule has 0 spiro atoms. The normalized spacial score (nSPS) is 19.1. The molecule has 1 aromatic rings. The van der Waals surface area contributed by atoms with E-state index in [2.05, 4.69) is 10.6 Å². The summed E-state index contributed by atoms with van der Waals surface area (Å²) in [6.07, 6.45) is 0. The SMILES string of the molecule is CNC(=O)C1CN(c2cccc(Cl)c2)C(=O)N1. The van der Waals surface area contributed by atoms with Crippen LogP contribution < -0.4 is 15.5 Å². The molecule has 17 heavy (non-hydrogen) atoms. The monoisotopic (exact) mass is 253 g/mol. The Morgan fingerprint density at radius 1 is 1.59 bits per heavy atom. The van der Waals surface area contributed by atoms with Gasteiger partial charge < -0.3 is 10.6 Å². The van der Waals surface area contributed by atoms with Gasteiger partial charge in [-0.3, -0.25) is 9.69 Å². The fourth-order valence-electron chi connectivity index (χ4n) is 1.73. The molecule has 1 fully saturated rings. The van der Waals surface area contributed by atoms with E-state index in [1.165, 1.54) is 11.9 Å². The summed E-state index contributed by atoms with van der Waals surface area (Å²) in [5.74, 6) is -0.206. The molecule has 1 unspecified atom stereocenters. The number of urea groups is 1. The number of hydrogen-bond donors (Lipinski definition) is 2. The van der Waals surface area contributed by atoms with E-state index in [-0.39, 0.29) is 11.9 Å². The van der Waals surface area contributed by atoms with Crippen LogP contribution in [0.3, 0.4) is 0 Å². The van der Waals surface area contributed by atoms with Crippen molar-refractivity contribution < 1.29 is 9.59 Å². The van der Waals surface area contributed by atoms with Gasteiger partial charge in [0.25, 0.3) is 0 Å². The van der Waals surface area contributed by atoms with Crippen LogP contribution in [-0.4, -0.2) is 31.6 Å². The van der Waals surface area contributed by atoms with Crippen molar-refractivity contribution >= 4 is 29.2 Å². The van der Waals surface area contributed by atoms with Crippen LogP contribution in [0.2, 0.25) is 5.02 Å². The third-order valence-electron chi connectivity index (χ3n) is 2.59. The number of amides is 3. The molecule has 0 saturated carbocycles. The molecule has 90 valence electrons. The predicted molar refractivity (Wildman–Crippen MR) is 65.2 cm³/mol. The lowest BCUT2D eigenvalue weighted by atomic mass is 10.2. The second-order valence-electron chi connectivity index (χ2n) is 3.71. The van der Waals surface area contributed by atoms with Crippen LogP contribution in [0.4, 0.5) is 10.5 Å². The molecule has 2 rings (SSSR count). The molecule has 1 saturated heterocycles. The largest absolute Gasteiger partial charge is 0.357 e. The molecule has 3 amide bonds. The number of carbonyl (C=O) groups is 2. The average Bonchev–Trinajstić information content (AvgIpc) is 2.70. The first-order valence-corrected chi connectivity index (χ1v) is 5.55. The fourth-order valence-corrected chi connectivity index (χ4v) is 1.91. The van der Waals surface area contributed by atoms with Crippen LogP contribution in [-0.2, 0) is 4.79 Å². The fraction of sp³-hybridized carbons (Fsp3) is 0.273. The van der Waals surface area contributed by atoms with Gasteiger partial charge in [0.2, 0.25) is 5.91 Å². The van der Waals surface area contributed by atoms with Crippen LogP contribution in [0.5, 0.6) is 0 Å². The smallest absolute Gasteiger partial charge is 0.322 e. The standard InChI is InChI=1S/C11H12ClN3O2/c1-13-10(16)9-6-15(11(17)14-9)8-4-2-3-7(12)5-8/h2-5,9H,6H2,1H3,(H,13,16)(H,14,17). The molecule has 1 aromatic carbocycles. The minimum Gasteiger partial charge on any atom is -0.357 e.